The molecule has 1 aromatic carbocycles. The van der Waals surface area contributed by atoms with E-state index in [9.17, 15) is 13.2 Å². The predicted octanol–water partition coefficient (Wildman–Crippen LogP) is 2.40. The first-order valence-corrected chi connectivity index (χ1v) is 5.17. The highest BCUT2D eigenvalue weighted by Gasteiger charge is 2.31. The Morgan fingerprint density at radius 1 is 1.37 bits per heavy atom. The number of ether oxygens (including phenoxy) is 2. The van der Waals surface area contributed by atoms with Crippen molar-refractivity contribution in [2.24, 2.45) is 5.73 Å². The van der Waals surface area contributed by atoms with Crippen LogP contribution in [0.4, 0.5) is 13.2 Å². The fourth-order valence-electron chi connectivity index (χ4n) is 1.49. The quantitative estimate of drug-likeness (QED) is 0.876. The number of benzene rings is 1. The Morgan fingerprint density at radius 2 is 2.00 bits per heavy atom. The Balaban J connectivity index is 0.00000324. The highest BCUT2D eigenvalue weighted by Crippen LogP contribution is 2.32. The number of rotatable bonds is 5. The highest BCUT2D eigenvalue weighted by molar-refractivity contribution is 5.85. The van der Waals surface area contributed by atoms with E-state index in [2.05, 4.69) is 4.74 Å². The molecule has 0 saturated carbocycles. The summed E-state index contributed by atoms with van der Waals surface area (Å²) in [5.74, 6) is -0.0165. The molecule has 0 radical (unpaired) electrons. The standard InChI is InChI=1S/C11H14F3NO3.ClH/c1-17-10-3-2-7(18-11(12,13)14)6-8(10)9(15)4-5-16;/h2-3,6,9,16H,4-5,15H2,1H3;1H/t9-;/m0./s1. The molecule has 8 heteroatoms. The molecule has 0 aliphatic carbocycles. The smallest absolute Gasteiger partial charge is 0.496 e. The molecule has 0 aliphatic rings. The van der Waals surface area contributed by atoms with Gasteiger partial charge in [-0.25, -0.2) is 0 Å². The third-order valence-electron chi connectivity index (χ3n) is 2.27. The van der Waals surface area contributed by atoms with Gasteiger partial charge in [0.25, 0.3) is 0 Å². The van der Waals surface area contributed by atoms with Gasteiger partial charge >= 0.3 is 6.36 Å². The van der Waals surface area contributed by atoms with Crippen molar-refractivity contribution in [1.29, 1.82) is 0 Å². The van der Waals surface area contributed by atoms with E-state index in [1.807, 2.05) is 0 Å². The number of halogens is 4. The Labute approximate surface area is 114 Å². The Kier molecular flexibility index (Phi) is 6.96. The lowest BCUT2D eigenvalue weighted by Crippen LogP contribution is -2.18. The van der Waals surface area contributed by atoms with E-state index in [0.29, 0.717) is 11.3 Å². The highest BCUT2D eigenvalue weighted by atomic mass is 35.5. The van der Waals surface area contributed by atoms with Gasteiger partial charge in [0.2, 0.25) is 0 Å². The maximum atomic E-state index is 12.1. The lowest BCUT2D eigenvalue weighted by Gasteiger charge is -2.17. The second-order valence-electron chi connectivity index (χ2n) is 3.57. The first-order valence-electron chi connectivity index (χ1n) is 5.17. The maximum Gasteiger partial charge on any atom is 0.573 e. The van der Waals surface area contributed by atoms with Gasteiger partial charge in [0, 0.05) is 18.2 Å². The number of aliphatic hydroxyl groups excluding tert-OH is 1. The average Bonchev–Trinajstić information content (AvgIpc) is 2.27. The molecule has 0 unspecified atom stereocenters. The normalized spacial score (nSPS) is 12.5. The van der Waals surface area contributed by atoms with Crippen LogP contribution in [0.1, 0.15) is 18.0 Å². The van der Waals surface area contributed by atoms with Crippen molar-refractivity contribution in [2.75, 3.05) is 13.7 Å². The van der Waals surface area contributed by atoms with E-state index in [1.165, 1.54) is 13.2 Å². The summed E-state index contributed by atoms with van der Waals surface area (Å²) < 4.78 is 45.0. The average molecular weight is 302 g/mol. The monoisotopic (exact) mass is 301 g/mol. The molecule has 0 heterocycles. The van der Waals surface area contributed by atoms with Gasteiger partial charge in [0.05, 0.1) is 7.11 Å². The van der Waals surface area contributed by atoms with Crippen LogP contribution in [0, 0.1) is 0 Å². The Hall–Kier alpha value is -1.18. The number of hydrogen-bond donors (Lipinski definition) is 2. The molecule has 0 fully saturated rings. The summed E-state index contributed by atoms with van der Waals surface area (Å²) >= 11 is 0. The van der Waals surface area contributed by atoms with Crippen LogP contribution >= 0.6 is 12.4 Å². The first kappa shape index (κ1) is 17.8. The van der Waals surface area contributed by atoms with Crippen LogP contribution in [0.25, 0.3) is 0 Å². The van der Waals surface area contributed by atoms with E-state index in [1.54, 1.807) is 0 Å². The minimum absolute atomic E-state index is 0. The zero-order chi connectivity index (χ0) is 13.8. The zero-order valence-electron chi connectivity index (χ0n) is 10.1. The van der Waals surface area contributed by atoms with E-state index in [0.717, 1.165) is 12.1 Å². The van der Waals surface area contributed by atoms with Crippen LogP contribution in [0.2, 0.25) is 0 Å². The summed E-state index contributed by atoms with van der Waals surface area (Å²) in [4.78, 5) is 0. The fourth-order valence-corrected chi connectivity index (χ4v) is 1.49. The van der Waals surface area contributed by atoms with Crippen LogP contribution in [0.3, 0.4) is 0 Å². The van der Waals surface area contributed by atoms with Crippen molar-refractivity contribution >= 4 is 12.4 Å². The molecular formula is C11H15ClF3NO3. The Morgan fingerprint density at radius 3 is 2.47 bits per heavy atom. The van der Waals surface area contributed by atoms with Gasteiger partial charge in [-0.3, -0.25) is 0 Å². The first-order chi connectivity index (χ1) is 8.37. The molecule has 110 valence electrons. The molecule has 1 atom stereocenters. The molecule has 1 rings (SSSR count). The van der Waals surface area contributed by atoms with E-state index in [4.69, 9.17) is 15.6 Å². The van der Waals surface area contributed by atoms with Crippen LogP contribution in [-0.2, 0) is 0 Å². The number of nitrogens with two attached hydrogens (primary N) is 1. The minimum Gasteiger partial charge on any atom is -0.496 e. The second-order valence-corrected chi connectivity index (χ2v) is 3.57. The fraction of sp³-hybridized carbons (Fsp3) is 0.455. The summed E-state index contributed by atoms with van der Waals surface area (Å²) in [7, 11) is 1.38. The third kappa shape index (κ3) is 5.54. The molecule has 0 aromatic heterocycles. The molecule has 3 N–H and O–H groups in total. The number of methoxy groups -OCH3 is 1. The largest absolute Gasteiger partial charge is 0.573 e. The molecule has 19 heavy (non-hydrogen) atoms. The lowest BCUT2D eigenvalue weighted by atomic mass is 10.0. The van der Waals surface area contributed by atoms with E-state index in [-0.39, 0.29) is 31.2 Å². The summed E-state index contributed by atoms with van der Waals surface area (Å²) in [6, 6.07) is 3.02. The number of hydrogen-bond acceptors (Lipinski definition) is 4. The van der Waals surface area contributed by atoms with Crippen molar-refractivity contribution in [3.8, 4) is 11.5 Å². The summed E-state index contributed by atoms with van der Waals surface area (Å²) in [5.41, 5.74) is 6.09. The van der Waals surface area contributed by atoms with Crippen molar-refractivity contribution in [2.45, 2.75) is 18.8 Å². The molecular weight excluding hydrogens is 287 g/mol. The van der Waals surface area contributed by atoms with Gasteiger partial charge in [0.15, 0.2) is 0 Å². The SMILES string of the molecule is COc1ccc(OC(F)(F)F)cc1[C@@H](N)CCO.Cl. The van der Waals surface area contributed by atoms with Gasteiger partial charge in [-0.15, -0.1) is 25.6 Å². The topological polar surface area (TPSA) is 64.7 Å². The van der Waals surface area contributed by atoms with Gasteiger partial charge in [0.1, 0.15) is 11.5 Å². The molecule has 4 nitrogen and oxygen atoms in total. The minimum atomic E-state index is -4.76. The van der Waals surface area contributed by atoms with Crippen molar-refractivity contribution in [3.63, 3.8) is 0 Å². The van der Waals surface area contributed by atoms with Crippen LogP contribution < -0.4 is 15.2 Å². The number of aliphatic hydroxyl groups is 1. The maximum absolute atomic E-state index is 12.1. The Bertz CT molecular complexity index is 401. The molecule has 1 aromatic rings. The van der Waals surface area contributed by atoms with Crippen LogP contribution in [0.5, 0.6) is 11.5 Å². The second kappa shape index (κ2) is 7.42. The molecule has 0 amide bonds. The molecule has 0 spiro atoms. The van der Waals surface area contributed by atoms with Crippen molar-refractivity contribution in [3.05, 3.63) is 23.8 Å². The van der Waals surface area contributed by atoms with E-state index < -0.39 is 12.4 Å². The van der Waals surface area contributed by atoms with Gasteiger partial charge in [-0.1, -0.05) is 0 Å². The third-order valence-corrected chi connectivity index (χ3v) is 2.27. The molecule has 0 saturated heterocycles. The van der Waals surface area contributed by atoms with E-state index >= 15 is 0 Å². The van der Waals surface area contributed by atoms with Gasteiger partial charge in [-0.05, 0) is 24.6 Å². The summed E-state index contributed by atoms with van der Waals surface area (Å²) in [6.07, 6.45) is -4.54. The summed E-state index contributed by atoms with van der Waals surface area (Å²) in [5, 5.41) is 8.79. The lowest BCUT2D eigenvalue weighted by molar-refractivity contribution is -0.274. The molecule has 0 aliphatic heterocycles. The van der Waals surface area contributed by atoms with Crippen molar-refractivity contribution in [1.82, 2.24) is 0 Å². The predicted molar refractivity (Wildman–Crippen MR) is 65.6 cm³/mol. The molecule has 0 bridgehead atoms. The zero-order valence-corrected chi connectivity index (χ0v) is 10.9. The number of alkyl halides is 3. The van der Waals surface area contributed by atoms with Gasteiger partial charge < -0.3 is 20.3 Å². The van der Waals surface area contributed by atoms with Crippen molar-refractivity contribution < 1.29 is 27.8 Å². The van der Waals surface area contributed by atoms with Crippen LogP contribution in [0.15, 0.2) is 18.2 Å². The summed E-state index contributed by atoms with van der Waals surface area (Å²) in [6.45, 7) is -0.172. The van der Waals surface area contributed by atoms with Gasteiger partial charge in [-0.2, -0.15) is 0 Å². The van der Waals surface area contributed by atoms with Crippen LogP contribution in [-0.4, -0.2) is 25.2 Å².